The first-order chi connectivity index (χ1) is 16.3. The van der Waals surface area contributed by atoms with Crippen LogP contribution in [-0.4, -0.2) is 38.8 Å². The van der Waals surface area contributed by atoms with Gasteiger partial charge in [0.05, 0.1) is 17.5 Å². The van der Waals surface area contributed by atoms with Crippen molar-refractivity contribution in [2.45, 2.75) is 83.8 Å². The highest BCUT2D eigenvalue weighted by Crippen LogP contribution is 2.38. The zero-order valence-corrected chi connectivity index (χ0v) is 24.0. The molecule has 0 aliphatic heterocycles. The summed E-state index contributed by atoms with van der Waals surface area (Å²) in [5.41, 5.74) is 1.35. The number of ether oxygens (including phenoxy) is 2. The lowest BCUT2D eigenvalue weighted by molar-refractivity contribution is -0.148. The summed E-state index contributed by atoms with van der Waals surface area (Å²) in [6, 6.07) is 21.7. The average molecular weight is 546 g/mol. The molecule has 34 heavy (non-hydrogen) atoms. The molecule has 0 aromatic heterocycles. The van der Waals surface area contributed by atoms with Gasteiger partial charge < -0.3 is 13.9 Å². The van der Waals surface area contributed by atoms with E-state index in [9.17, 15) is 0 Å². The van der Waals surface area contributed by atoms with E-state index in [4.69, 9.17) is 13.9 Å². The van der Waals surface area contributed by atoms with Crippen molar-refractivity contribution < 1.29 is 13.9 Å². The first-order valence-corrected chi connectivity index (χ1v) is 15.7. The third-order valence-electron chi connectivity index (χ3n) is 6.62. The number of alkyl halides is 1. The second-order valence-electron chi connectivity index (χ2n) is 10.1. The predicted molar refractivity (Wildman–Crippen MR) is 149 cm³/mol. The Hall–Kier alpha value is -1.24. The normalized spacial score (nSPS) is 20.3. The van der Waals surface area contributed by atoms with Crippen LogP contribution in [0.4, 0.5) is 0 Å². The first-order valence-electron chi connectivity index (χ1n) is 12.6. The summed E-state index contributed by atoms with van der Waals surface area (Å²) in [5, 5.41) is 3.26. The van der Waals surface area contributed by atoms with Crippen molar-refractivity contribution >= 4 is 34.6 Å². The van der Waals surface area contributed by atoms with E-state index < -0.39 is 8.32 Å². The molecule has 1 aliphatic rings. The third kappa shape index (κ3) is 6.49. The minimum absolute atomic E-state index is 0.0278. The molecule has 1 fully saturated rings. The molecule has 1 aliphatic carbocycles. The van der Waals surface area contributed by atoms with Crippen LogP contribution < -0.4 is 10.4 Å². The summed E-state index contributed by atoms with van der Waals surface area (Å²) in [4.78, 5) is 0. The smallest absolute Gasteiger partial charge is 0.261 e. The van der Waals surface area contributed by atoms with Gasteiger partial charge in [0.25, 0.3) is 8.32 Å². The summed E-state index contributed by atoms with van der Waals surface area (Å²) >= 11 is 3.54. The van der Waals surface area contributed by atoms with Crippen molar-refractivity contribution in [2.24, 2.45) is 0 Å². The van der Waals surface area contributed by atoms with Crippen molar-refractivity contribution in [3.8, 4) is 0 Å². The Balaban J connectivity index is 1.97. The standard InChI is InChI=1S/C29H41BrO3Si/c1-6-31-28(22-30)32-27-20-14-13-15-24(27)21-23(2)33-34(29(3,4)5,25-16-9-7-10-17-25)26-18-11-8-12-19-26/h7-12,16-19,21,23,27-28H,6,13-15,20,22H2,1-5H3/b24-21+/t23?,27-,28?/m0/s1. The number of benzene rings is 2. The van der Waals surface area contributed by atoms with Gasteiger partial charge in [0.15, 0.2) is 6.29 Å². The Labute approximate surface area is 216 Å². The zero-order chi connectivity index (χ0) is 24.6. The molecule has 3 rings (SSSR count). The molecule has 0 bridgehead atoms. The van der Waals surface area contributed by atoms with Crippen molar-refractivity contribution in [1.29, 1.82) is 0 Å². The molecule has 3 nitrogen and oxygen atoms in total. The maximum Gasteiger partial charge on any atom is 0.261 e. The van der Waals surface area contributed by atoms with Gasteiger partial charge in [-0.2, -0.15) is 0 Å². The summed E-state index contributed by atoms with van der Waals surface area (Å²) in [7, 11) is -2.59. The van der Waals surface area contributed by atoms with Gasteiger partial charge in [-0.3, -0.25) is 0 Å². The molecular formula is C29H41BrO3Si. The van der Waals surface area contributed by atoms with Crippen LogP contribution in [-0.2, 0) is 13.9 Å². The molecule has 3 atom stereocenters. The van der Waals surface area contributed by atoms with E-state index in [2.05, 4.69) is 110 Å². The van der Waals surface area contributed by atoms with Crippen LogP contribution in [0.25, 0.3) is 0 Å². The molecule has 0 saturated heterocycles. The molecule has 186 valence electrons. The van der Waals surface area contributed by atoms with E-state index in [0.29, 0.717) is 11.9 Å². The van der Waals surface area contributed by atoms with E-state index in [1.165, 1.54) is 28.8 Å². The van der Waals surface area contributed by atoms with Crippen molar-refractivity contribution in [3.63, 3.8) is 0 Å². The van der Waals surface area contributed by atoms with Gasteiger partial charge in [0.2, 0.25) is 0 Å². The highest BCUT2D eigenvalue weighted by atomic mass is 79.9. The number of hydrogen-bond acceptors (Lipinski definition) is 3. The Kier molecular flexibility index (Phi) is 10.2. The summed E-state index contributed by atoms with van der Waals surface area (Å²) < 4.78 is 19.4. The van der Waals surface area contributed by atoms with Gasteiger partial charge in [0.1, 0.15) is 0 Å². The van der Waals surface area contributed by atoms with Crippen molar-refractivity contribution in [2.75, 3.05) is 11.9 Å². The SMILES string of the molecule is CCOC(CBr)O[C@H]1CCCC/C1=C\C(C)O[Si](c1ccccc1)(c1ccccc1)C(C)(C)C. The maximum atomic E-state index is 7.27. The first kappa shape index (κ1) is 27.3. The third-order valence-corrected chi connectivity index (χ3v) is 12.3. The highest BCUT2D eigenvalue weighted by Gasteiger charge is 2.50. The molecule has 0 amide bonds. The average Bonchev–Trinajstić information content (AvgIpc) is 2.83. The van der Waals surface area contributed by atoms with E-state index in [1.807, 2.05) is 6.92 Å². The summed E-state index contributed by atoms with van der Waals surface area (Å²) in [6.45, 7) is 11.8. The fraction of sp³-hybridized carbons (Fsp3) is 0.517. The molecule has 0 heterocycles. The Morgan fingerprint density at radius 1 is 1.00 bits per heavy atom. The monoisotopic (exact) mass is 544 g/mol. The van der Waals surface area contributed by atoms with Gasteiger partial charge >= 0.3 is 0 Å². The largest absolute Gasteiger partial charge is 0.401 e. The fourth-order valence-electron chi connectivity index (χ4n) is 5.15. The lowest BCUT2D eigenvalue weighted by Gasteiger charge is -2.44. The van der Waals surface area contributed by atoms with Crippen LogP contribution in [0.2, 0.25) is 5.04 Å². The Morgan fingerprint density at radius 3 is 2.09 bits per heavy atom. The van der Waals surface area contributed by atoms with E-state index in [0.717, 1.165) is 12.8 Å². The molecule has 5 heteroatoms. The van der Waals surface area contributed by atoms with E-state index >= 15 is 0 Å². The van der Waals surface area contributed by atoms with E-state index in [1.54, 1.807) is 0 Å². The van der Waals surface area contributed by atoms with Gasteiger partial charge in [-0.25, -0.2) is 0 Å². The molecule has 0 N–H and O–H groups in total. The number of hydrogen-bond donors (Lipinski definition) is 0. The zero-order valence-electron chi connectivity index (χ0n) is 21.4. The van der Waals surface area contributed by atoms with Gasteiger partial charge in [-0.15, -0.1) is 0 Å². The van der Waals surface area contributed by atoms with Crippen molar-refractivity contribution in [3.05, 3.63) is 72.3 Å². The fourth-order valence-corrected chi connectivity index (χ4v) is 10.1. The number of halogens is 1. The lowest BCUT2D eigenvalue weighted by atomic mass is 9.91. The second-order valence-corrected chi connectivity index (χ2v) is 15.0. The van der Waals surface area contributed by atoms with Crippen LogP contribution in [0.5, 0.6) is 0 Å². The Morgan fingerprint density at radius 2 is 1.59 bits per heavy atom. The quantitative estimate of drug-likeness (QED) is 0.146. The van der Waals surface area contributed by atoms with Crippen LogP contribution in [0.3, 0.4) is 0 Å². The second kappa shape index (κ2) is 12.6. The summed E-state index contributed by atoms with van der Waals surface area (Å²) in [5.74, 6) is 0. The van der Waals surface area contributed by atoms with Crippen LogP contribution in [0.15, 0.2) is 72.3 Å². The topological polar surface area (TPSA) is 27.7 Å². The molecule has 2 unspecified atom stereocenters. The lowest BCUT2D eigenvalue weighted by Crippen LogP contribution is -2.67. The molecule has 1 saturated carbocycles. The highest BCUT2D eigenvalue weighted by molar-refractivity contribution is 9.09. The van der Waals surface area contributed by atoms with Crippen molar-refractivity contribution in [1.82, 2.24) is 0 Å². The van der Waals surface area contributed by atoms with Gasteiger partial charge in [0, 0.05) is 6.61 Å². The predicted octanol–water partition coefficient (Wildman–Crippen LogP) is 6.59. The molecule has 0 spiro atoms. The van der Waals surface area contributed by atoms with Crippen LogP contribution in [0, 0.1) is 0 Å². The Bertz CT molecular complexity index is 855. The van der Waals surface area contributed by atoms with Crippen LogP contribution in [0.1, 0.15) is 60.3 Å². The molecule has 0 radical (unpaired) electrons. The van der Waals surface area contributed by atoms with E-state index in [-0.39, 0.29) is 23.5 Å². The van der Waals surface area contributed by atoms with Gasteiger partial charge in [-0.05, 0) is 54.1 Å². The number of rotatable bonds is 10. The maximum absolute atomic E-state index is 7.27. The summed E-state index contributed by atoms with van der Waals surface area (Å²) in [6.07, 6.45) is 6.66. The molecule has 2 aromatic rings. The van der Waals surface area contributed by atoms with Gasteiger partial charge in [-0.1, -0.05) is 110 Å². The molecule has 2 aromatic carbocycles. The van der Waals surface area contributed by atoms with Crippen LogP contribution >= 0.6 is 15.9 Å². The minimum Gasteiger partial charge on any atom is -0.401 e. The minimum atomic E-state index is -2.59. The molecular weight excluding hydrogens is 504 g/mol.